The predicted octanol–water partition coefficient (Wildman–Crippen LogP) is 15.3. The first kappa shape index (κ1) is 67.2. The monoisotopic (exact) mass is 1000 g/mol. The van der Waals surface area contributed by atoms with Crippen molar-refractivity contribution < 1.29 is 39.8 Å². The molecule has 71 heavy (non-hydrogen) atoms. The number of rotatable bonds is 52. The first-order valence-electron chi connectivity index (χ1n) is 30.3. The molecule has 9 heteroatoms. The van der Waals surface area contributed by atoms with Crippen LogP contribution in [-0.4, -0.2) is 87.5 Å². The van der Waals surface area contributed by atoms with Gasteiger partial charge in [0.1, 0.15) is 24.4 Å². The van der Waals surface area contributed by atoms with E-state index in [-0.39, 0.29) is 12.5 Å². The average Bonchev–Trinajstić information content (AvgIpc) is 3.37. The molecule has 1 amide bonds. The second-order valence-corrected chi connectivity index (χ2v) is 21.1. The van der Waals surface area contributed by atoms with Crippen molar-refractivity contribution in [1.29, 1.82) is 0 Å². The third-order valence-corrected chi connectivity index (χ3v) is 14.4. The predicted molar refractivity (Wildman–Crippen MR) is 299 cm³/mol. The maximum Gasteiger partial charge on any atom is 0.220 e. The van der Waals surface area contributed by atoms with Gasteiger partial charge in [0.05, 0.1) is 25.4 Å². The van der Waals surface area contributed by atoms with Gasteiger partial charge in [-0.1, -0.05) is 274 Å². The zero-order valence-corrected chi connectivity index (χ0v) is 46.2. The molecule has 0 radical (unpaired) electrons. The van der Waals surface area contributed by atoms with Crippen LogP contribution in [0.2, 0.25) is 0 Å². The van der Waals surface area contributed by atoms with Crippen LogP contribution in [-0.2, 0) is 14.3 Å². The minimum absolute atomic E-state index is 0.135. The van der Waals surface area contributed by atoms with Crippen LogP contribution in [0.4, 0.5) is 0 Å². The summed E-state index contributed by atoms with van der Waals surface area (Å²) < 4.78 is 11.3. The van der Waals surface area contributed by atoms with Crippen LogP contribution in [0.15, 0.2) is 48.6 Å². The fourth-order valence-electron chi connectivity index (χ4n) is 9.68. The van der Waals surface area contributed by atoms with Crippen LogP contribution in [0.3, 0.4) is 0 Å². The van der Waals surface area contributed by atoms with Crippen LogP contribution in [0, 0.1) is 0 Å². The Bertz CT molecular complexity index is 1250. The Hall–Kier alpha value is -1.85. The van der Waals surface area contributed by atoms with E-state index < -0.39 is 49.5 Å². The summed E-state index contributed by atoms with van der Waals surface area (Å²) in [7, 11) is 0. The summed E-state index contributed by atoms with van der Waals surface area (Å²) in [6.07, 6.45) is 61.5. The van der Waals surface area contributed by atoms with E-state index in [2.05, 4.69) is 67.8 Å². The molecule has 0 aliphatic carbocycles. The Labute approximate surface area is 437 Å². The quantitative estimate of drug-likeness (QED) is 0.0261. The number of unbranched alkanes of at least 4 members (excludes halogenated alkanes) is 34. The maximum absolute atomic E-state index is 13.1. The van der Waals surface area contributed by atoms with Crippen molar-refractivity contribution in [2.45, 2.75) is 326 Å². The van der Waals surface area contributed by atoms with E-state index in [1.165, 1.54) is 193 Å². The third kappa shape index (κ3) is 41.1. The standard InChI is InChI=1S/C62H115NO8/c1-3-5-7-9-11-13-15-17-19-20-21-22-23-24-25-26-27-28-29-30-31-32-33-34-35-36-38-40-42-44-46-48-50-52-58(66)63-55(54-70-62-61(69)60(68)59(67)57(53-64)71-62)56(65)51-49-47-45-43-41-39-37-18-16-14-12-10-8-6-4-2/h5,7,11,13,17,19,21-22,55-57,59-62,64-65,67-69H,3-4,6,8-10,12,14-16,18,20,23-54H2,1-2H3,(H,63,66)/b7-5-,13-11-,19-17-,22-21-. The zero-order chi connectivity index (χ0) is 51.5. The lowest BCUT2D eigenvalue weighted by Crippen LogP contribution is -2.60. The molecule has 7 atom stereocenters. The highest BCUT2D eigenvalue weighted by atomic mass is 16.7. The van der Waals surface area contributed by atoms with E-state index in [1.54, 1.807) is 0 Å². The molecule has 7 unspecified atom stereocenters. The summed E-state index contributed by atoms with van der Waals surface area (Å²) >= 11 is 0. The Balaban J connectivity index is 2.10. The Morgan fingerprint density at radius 1 is 0.493 bits per heavy atom. The number of aliphatic hydroxyl groups is 5. The van der Waals surface area contributed by atoms with Gasteiger partial charge in [-0.3, -0.25) is 4.79 Å². The van der Waals surface area contributed by atoms with Crippen molar-refractivity contribution in [2.24, 2.45) is 0 Å². The fourth-order valence-corrected chi connectivity index (χ4v) is 9.68. The van der Waals surface area contributed by atoms with Gasteiger partial charge < -0.3 is 40.3 Å². The number of hydrogen-bond donors (Lipinski definition) is 6. The first-order valence-corrected chi connectivity index (χ1v) is 30.3. The van der Waals surface area contributed by atoms with Gasteiger partial charge >= 0.3 is 0 Å². The molecule has 1 heterocycles. The molecule has 6 N–H and O–H groups in total. The van der Waals surface area contributed by atoms with Gasteiger partial charge in [0, 0.05) is 6.42 Å². The van der Waals surface area contributed by atoms with Gasteiger partial charge in [-0.2, -0.15) is 0 Å². The highest BCUT2D eigenvalue weighted by Gasteiger charge is 2.44. The van der Waals surface area contributed by atoms with Crippen LogP contribution in [0.25, 0.3) is 0 Å². The van der Waals surface area contributed by atoms with Crippen molar-refractivity contribution in [1.82, 2.24) is 5.32 Å². The molecule has 0 saturated carbocycles. The fraction of sp³-hybridized carbons (Fsp3) is 0.855. The number of hydrogen-bond acceptors (Lipinski definition) is 8. The average molecular weight is 1000 g/mol. The second-order valence-electron chi connectivity index (χ2n) is 21.1. The molecule has 0 aromatic carbocycles. The van der Waals surface area contributed by atoms with Gasteiger partial charge in [-0.05, 0) is 51.4 Å². The van der Waals surface area contributed by atoms with E-state index in [1.807, 2.05) is 0 Å². The molecule has 1 aliphatic heterocycles. The number of ether oxygens (including phenoxy) is 2. The van der Waals surface area contributed by atoms with E-state index in [0.29, 0.717) is 12.8 Å². The van der Waals surface area contributed by atoms with Crippen molar-refractivity contribution in [2.75, 3.05) is 13.2 Å². The molecular formula is C62H115NO8. The highest BCUT2D eigenvalue weighted by Crippen LogP contribution is 2.23. The second kappa shape index (κ2) is 51.6. The van der Waals surface area contributed by atoms with Crippen molar-refractivity contribution in [3.8, 4) is 0 Å². The largest absolute Gasteiger partial charge is 0.394 e. The minimum atomic E-state index is -1.55. The molecule has 0 bridgehead atoms. The highest BCUT2D eigenvalue weighted by molar-refractivity contribution is 5.76. The van der Waals surface area contributed by atoms with Crippen molar-refractivity contribution in [3.05, 3.63) is 48.6 Å². The van der Waals surface area contributed by atoms with Gasteiger partial charge in [0.25, 0.3) is 0 Å². The van der Waals surface area contributed by atoms with Gasteiger partial charge in [0.15, 0.2) is 6.29 Å². The lowest BCUT2D eigenvalue weighted by molar-refractivity contribution is -0.302. The number of nitrogens with one attached hydrogen (secondary N) is 1. The maximum atomic E-state index is 13.1. The number of amides is 1. The topological polar surface area (TPSA) is 149 Å². The number of aliphatic hydroxyl groups excluding tert-OH is 5. The number of carbonyl (C=O) groups excluding carboxylic acids is 1. The summed E-state index contributed by atoms with van der Waals surface area (Å²) in [5.74, 6) is -0.140. The summed E-state index contributed by atoms with van der Waals surface area (Å²) in [6, 6.07) is -0.718. The Kier molecular flexibility index (Phi) is 48.8. The lowest BCUT2D eigenvalue weighted by atomic mass is 9.99. The minimum Gasteiger partial charge on any atom is -0.394 e. The SMILES string of the molecule is CC/C=C\C/C=C\C/C=C\C/C=C\CCCCCCCCCCCCCCCCCCCCCCC(=O)NC(COC1OC(CO)C(O)C(O)C1O)C(O)CCCCCCCCCCCCCCCCC. The molecule has 0 aromatic rings. The normalized spacial score (nSPS) is 19.6. The number of allylic oxidation sites excluding steroid dienone is 8. The molecule has 1 fully saturated rings. The van der Waals surface area contributed by atoms with Crippen LogP contribution in [0.5, 0.6) is 0 Å². The van der Waals surface area contributed by atoms with E-state index >= 15 is 0 Å². The number of carbonyl (C=O) groups is 1. The molecule has 1 rings (SSSR count). The third-order valence-electron chi connectivity index (χ3n) is 14.4. The van der Waals surface area contributed by atoms with Crippen LogP contribution >= 0.6 is 0 Å². The van der Waals surface area contributed by atoms with E-state index in [0.717, 1.165) is 64.2 Å². The van der Waals surface area contributed by atoms with Crippen LogP contribution in [0.1, 0.15) is 284 Å². The lowest BCUT2D eigenvalue weighted by Gasteiger charge is -2.40. The summed E-state index contributed by atoms with van der Waals surface area (Å²) in [6.45, 7) is 3.75. The van der Waals surface area contributed by atoms with Gasteiger partial charge in [-0.15, -0.1) is 0 Å². The molecule has 9 nitrogen and oxygen atoms in total. The molecule has 0 spiro atoms. The molecule has 1 saturated heterocycles. The Morgan fingerprint density at radius 2 is 0.873 bits per heavy atom. The van der Waals surface area contributed by atoms with Crippen molar-refractivity contribution in [3.63, 3.8) is 0 Å². The first-order chi connectivity index (χ1) is 34.8. The molecule has 416 valence electrons. The van der Waals surface area contributed by atoms with Gasteiger partial charge in [-0.25, -0.2) is 0 Å². The summed E-state index contributed by atoms with van der Waals surface area (Å²) in [5, 5.41) is 54.7. The Morgan fingerprint density at radius 3 is 1.30 bits per heavy atom. The molecular weight excluding hydrogens is 887 g/mol. The van der Waals surface area contributed by atoms with E-state index in [9.17, 15) is 30.3 Å². The molecule has 1 aliphatic rings. The van der Waals surface area contributed by atoms with E-state index in [4.69, 9.17) is 9.47 Å². The smallest absolute Gasteiger partial charge is 0.220 e. The zero-order valence-electron chi connectivity index (χ0n) is 46.2. The van der Waals surface area contributed by atoms with Gasteiger partial charge in [0.2, 0.25) is 5.91 Å². The van der Waals surface area contributed by atoms with Crippen LogP contribution < -0.4 is 5.32 Å². The summed E-state index contributed by atoms with van der Waals surface area (Å²) in [4.78, 5) is 13.1. The summed E-state index contributed by atoms with van der Waals surface area (Å²) in [5.41, 5.74) is 0. The molecule has 0 aromatic heterocycles. The van der Waals surface area contributed by atoms with Crippen molar-refractivity contribution >= 4 is 5.91 Å².